The van der Waals surface area contributed by atoms with Crippen LogP contribution in [0.3, 0.4) is 0 Å². The van der Waals surface area contributed by atoms with Crippen molar-refractivity contribution in [3.05, 3.63) is 48.0 Å². The molecular formula is C23H29N3O7S. The van der Waals surface area contributed by atoms with Crippen LogP contribution >= 0.6 is 0 Å². The first-order valence-electron chi connectivity index (χ1n) is 10.7. The predicted molar refractivity (Wildman–Crippen MR) is 127 cm³/mol. The van der Waals surface area contributed by atoms with E-state index >= 15 is 0 Å². The molecule has 0 unspecified atom stereocenters. The highest BCUT2D eigenvalue weighted by Gasteiger charge is 2.29. The molecule has 2 N–H and O–H groups in total. The van der Waals surface area contributed by atoms with Crippen LogP contribution in [-0.4, -0.2) is 63.7 Å². The molecule has 0 saturated carbocycles. The molecule has 0 aromatic heterocycles. The smallest absolute Gasteiger partial charge is 0.412 e. The number of nitrogens with zero attached hydrogens (tertiary/aromatic N) is 1. The lowest BCUT2D eigenvalue weighted by atomic mass is 10.2. The van der Waals surface area contributed by atoms with Gasteiger partial charge in [-0.3, -0.25) is 10.1 Å². The fourth-order valence-electron chi connectivity index (χ4n) is 3.21. The zero-order valence-electron chi connectivity index (χ0n) is 19.6. The van der Waals surface area contributed by atoms with Gasteiger partial charge in [-0.25, -0.2) is 13.2 Å². The average Bonchev–Trinajstić information content (AvgIpc) is 2.78. The number of methoxy groups -OCH3 is 1. The summed E-state index contributed by atoms with van der Waals surface area (Å²) in [5.74, 6) is -0.259. The molecule has 2 amide bonds. The molecule has 10 nitrogen and oxygen atoms in total. The van der Waals surface area contributed by atoms with E-state index in [9.17, 15) is 18.0 Å². The van der Waals surface area contributed by atoms with E-state index in [1.54, 1.807) is 39.0 Å². The number of anilines is 2. The van der Waals surface area contributed by atoms with Gasteiger partial charge in [0, 0.05) is 30.0 Å². The summed E-state index contributed by atoms with van der Waals surface area (Å²) in [5.41, 5.74) is 0.460. The maximum absolute atomic E-state index is 13.1. The van der Waals surface area contributed by atoms with Crippen LogP contribution in [0.5, 0.6) is 5.75 Å². The van der Waals surface area contributed by atoms with Crippen LogP contribution in [0.25, 0.3) is 0 Å². The van der Waals surface area contributed by atoms with Gasteiger partial charge >= 0.3 is 6.09 Å². The monoisotopic (exact) mass is 491 g/mol. The molecule has 34 heavy (non-hydrogen) atoms. The van der Waals surface area contributed by atoms with Crippen molar-refractivity contribution < 1.29 is 32.2 Å². The summed E-state index contributed by atoms with van der Waals surface area (Å²) in [6.45, 7) is 6.40. The Bertz CT molecular complexity index is 1140. The molecule has 1 saturated heterocycles. The number of carbonyl (C=O) groups is 2. The van der Waals surface area contributed by atoms with E-state index in [0.717, 1.165) is 0 Å². The summed E-state index contributed by atoms with van der Waals surface area (Å²) in [6.07, 6.45) is -0.600. The number of hydrogen-bond acceptors (Lipinski definition) is 7. The van der Waals surface area contributed by atoms with Crippen LogP contribution in [0.2, 0.25) is 0 Å². The topological polar surface area (TPSA) is 123 Å². The van der Waals surface area contributed by atoms with Crippen molar-refractivity contribution in [1.29, 1.82) is 0 Å². The van der Waals surface area contributed by atoms with Crippen molar-refractivity contribution in [2.75, 3.05) is 44.0 Å². The van der Waals surface area contributed by atoms with Gasteiger partial charge in [-0.1, -0.05) is 0 Å². The molecule has 3 rings (SSSR count). The molecule has 1 heterocycles. The maximum Gasteiger partial charge on any atom is 0.412 e. The van der Waals surface area contributed by atoms with Crippen LogP contribution in [0.15, 0.2) is 47.4 Å². The van der Waals surface area contributed by atoms with Crippen molar-refractivity contribution in [2.24, 2.45) is 0 Å². The lowest BCUT2D eigenvalue weighted by molar-refractivity contribution is 0.0635. The number of ether oxygens (including phenoxy) is 3. The third kappa shape index (κ3) is 6.46. The van der Waals surface area contributed by atoms with Gasteiger partial charge in [0.05, 0.1) is 20.3 Å². The normalized spacial score (nSPS) is 14.8. The Labute approximate surface area is 199 Å². The highest BCUT2D eigenvalue weighted by atomic mass is 32.2. The van der Waals surface area contributed by atoms with E-state index in [2.05, 4.69) is 10.6 Å². The van der Waals surface area contributed by atoms with Gasteiger partial charge in [0.2, 0.25) is 10.0 Å². The zero-order chi connectivity index (χ0) is 24.9. The Kier molecular flexibility index (Phi) is 7.80. The van der Waals surface area contributed by atoms with Gasteiger partial charge in [-0.05, 0) is 63.2 Å². The van der Waals surface area contributed by atoms with E-state index in [4.69, 9.17) is 14.2 Å². The predicted octanol–water partition coefficient (Wildman–Crippen LogP) is 3.32. The standard InChI is InChI=1S/C23H29N3O7S/c1-23(2,3)33-22(28)25-17-7-5-16(6-8-17)21(27)24-18-9-10-19(31-4)20(15-18)34(29,30)26-11-13-32-14-12-26/h5-10,15H,11-14H2,1-4H3,(H,24,27)(H,25,28). The number of amides is 2. The zero-order valence-corrected chi connectivity index (χ0v) is 20.4. The second-order valence-corrected chi connectivity index (χ2v) is 10.4. The Morgan fingerprint density at radius 2 is 1.59 bits per heavy atom. The molecule has 0 aliphatic carbocycles. The number of benzene rings is 2. The minimum atomic E-state index is -3.83. The van der Waals surface area contributed by atoms with E-state index in [0.29, 0.717) is 30.2 Å². The van der Waals surface area contributed by atoms with Crippen LogP contribution < -0.4 is 15.4 Å². The van der Waals surface area contributed by atoms with Gasteiger partial charge in [0.1, 0.15) is 16.2 Å². The van der Waals surface area contributed by atoms with Gasteiger partial charge in [0.15, 0.2) is 0 Å². The molecule has 0 radical (unpaired) electrons. The van der Waals surface area contributed by atoms with Crippen LogP contribution in [0.4, 0.5) is 16.2 Å². The first-order valence-corrected chi connectivity index (χ1v) is 12.1. The van der Waals surface area contributed by atoms with Gasteiger partial charge in [-0.2, -0.15) is 4.31 Å². The number of rotatable bonds is 6. The van der Waals surface area contributed by atoms with E-state index < -0.39 is 27.6 Å². The highest BCUT2D eigenvalue weighted by molar-refractivity contribution is 7.89. The number of nitrogens with one attached hydrogen (secondary N) is 2. The van der Waals surface area contributed by atoms with Crippen LogP contribution in [0.1, 0.15) is 31.1 Å². The van der Waals surface area contributed by atoms with Crippen molar-refractivity contribution in [3.63, 3.8) is 0 Å². The van der Waals surface area contributed by atoms with Crippen molar-refractivity contribution in [2.45, 2.75) is 31.3 Å². The van der Waals surface area contributed by atoms with Crippen molar-refractivity contribution in [1.82, 2.24) is 4.31 Å². The molecule has 2 aromatic carbocycles. The summed E-state index contributed by atoms with van der Waals surface area (Å²) < 4.78 is 43.3. The fourth-order valence-corrected chi connectivity index (χ4v) is 4.80. The minimum Gasteiger partial charge on any atom is -0.495 e. The van der Waals surface area contributed by atoms with Crippen LogP contribution in [0, 0.1) is 0 Å². The fraction of sp³-hybridized carbons (Fsp3) is 0.391. The Hall–Kier alpha value is -3.15. The van der Waals surface area contributed by atoms with Crippen molar-refractivity contribution in [3.8, 4) is 5.75 Å². The molecule has 184 valence electrons. The number of carbonyl (C=O) groups excluding carboxylic acids is 2. The summed E-state index contributed by atoms with van der Waals surface area (Å²) in [6, 6.07) is 10.7. The van der Waals surface area contributed by atoms with Crippen molar-refractivity contribution >= 4 is 33.4 Å². The molecule has 0 atom stereocenters. The summed E-state index contributed by atoms with van der Waals surface area (Å²) in [5, 5.41) is 5.30. The summed E-state index contributed by atoms with van der Waals surface area (Å²) >= 11 is 0. The van der Waals surface area contributed by atoms with Gasteiger partial charge < -0.3 is 19.5 Å². The quantitative estimate of drug-likeness (QED) is 0.635. The molecule has 0 spiro atoms. The third-order valence-corrected chi connectivity index (χ3v) is 6.72. The second kappa shape index (κ2) is 10.4. The molecule has 2 aromatic rings. The lowest BCUT2D eigenvalue weighted by Gasteiger charge is -2.26. The Balaban J connectivity index is 1.73. The van der Waals surface area contributed by atoms with E-state index in [1.165, 1.54) is 35.7 Å². The molecule has 0 bridgehead atoms. The first-order chi connectivity index (χ1) is 16.0. The second-order valence-electron chi connectivity index (χ2n) is 8.54. The van der Waals surface area contributed by atoms with Gasteiger partial charge in [0.25, 0.3) is 5.91 Å². The SMILES string of the molecule is COc1ccc(NC(=O)c2ccc(NC(=O)OC(C)(C)C)cc2)cc1S(=O)(=O)N1CCOCC1. The third-order valence-electron chi connectivity index (χ3n) is 4.80. The van der Waals surface area contributed by atoms with E-state index in [-0.39, 0.29) is 23.7 Å². The number of hydrogen-bond donors (Lipinski definition) is 2. The average molecular weight is 492 g/mol. The largest absolute Gasteiger partial charge is 0.495 e. The lowest BCUT2D eigenvalue weighted by Crippen LogP contribution is -2.40. The Morgan fingerprint density at radius 1 is 0.971 bits per heavy atom. The van der Waals surface area contributed by atoms with Crippen LogP contribution in [-0.2, 0) is 19.5 Å². The number of morpholine rings is 1. The van der Waals surface area contributed by atoms with Gasteiger partial charge in [-0.15, -0.1) is 0 Å². The van der Waals surface area contributed by atoms with E-state index in [1.807, 2.05) is 0 Å². The maximum atomic E-state index is 13.1. The first kappa shape index (κ1) is 25.5. The molecular weight excluding hydrogens is 462 g/mol. The highest BCUT2D eigenvalue weighted by Crippen LogP contribution is 2.30. The summed E-state index contributed by atoms with van der Waals surface area (Å²) in [4.78, 5) is 24.6. The summed E-state index contributed by atoms with van der Waals surface area (Å²) in [7, 11) is -2.45. The molecule has 1 aliphatic heterocycles. The molecule has 11 heteroatoms. The molecule has 1 fully saturated rings. The molecule has 1 aliphatic rings. The minimum absolute atomic E-state index is 0.0355. The number of sulfonamides is 1. The Morgan fingerprint density at radius 3 is 2.18 bits per heavy atom.